The van der Waals surface area contributed by atoms with E-state index in [1.165, 1.54) is 23.6 Å². The van der Waals surface area contributed by atoms with Crippen LogP contribution < -0.4 is 4.74 Å². The van der Waals surface area contributed by atoms with Gasteiger partial charge in [0.1, 0.15) is 24.3 Å². The largest absolute Gasteiger partial charge is 0.507 e. The van der Waals surface area contributed by atoms with Crippen LogP contribution in [-0.4, -0.2) is 35.9 Å². The first kappa shape index (κ1) is 17.3. The number of benzene rings is 2. The summed E-state index contributed by atoms with van der Waals surface area (Å²) in [5.41, 5.74) is 5.73. The maximum absolute atomic E-state index is 13.2. The van der Waals surface area contributed by atoms with Crippen LogP contribution in [0.2, 0.25) is 0 Å². The van der Waals surface area contributed by atoms with Crippen LogP contribution in [0.1, 0.15) is 43.0 Å². The minimum Gasteiger partial charge on any atom is -0.507 e. The van der Waals surface area contributed by atoms with Crippen LogP contribution >= 0.6 is 0 Å². The lowest BCUT2D eigenvalue weighted by atomic mass is 9.76. The molecule has 4 rings (SSSR count). The Balaban J connectivity index is 1.85. The average molecular weight is 355 g/mol. The standard InChI is InChI=1S/C22H26FNO2/c1-3-8-24-9-7-16-10-17(26-13-14(2)23)12-18-21(16)19(24)11-15-5-4-6-20(25)22(15)18/h4-6,10,12,14,19,25H,3,7-9,11,13H2,1-2H3/t14-,19?/m1/s1. The Bertz CT molecular complexity index is 818. The van der Waals surface area contributed by atoms with Gasteiger partial charge in [0.25, 0.3) is 0 Å². The lowest BCUT2D eigenvalue weighted by Gasteiger charge is -2.42. The van der Waals surface area contributed by atoms with Gasteiger partial charge in [-0.3, -0.25) is 4.90 Å². The molecule has 1 aliphatic carbocycles. The highest BCUT2D eigenvalue weighted by Gasteiger charge is 2.35. The highest BCUT2D eigenvalue weighted by Crippen LogP contribution is 2.49. The van der Waals surface area contributed by atoms with Crippen molar-refractivity contribution in [3.63, 3.8) is 0 Å². The highest BCUT2D eigenvalue weighted by molar-refractivity contribution is 5.81. The number of hydrogen-bond acceptors (Lipinski definition) is 3. The van der Waals surface area contributed by atoms with Crippen molar-refractivity contribution in [2.45, 2.75) is 45.3 Å². The summed E-state index contributed by atoms with van der Waals surface area (Å²) in [6, 6.07) is 10.2. The summed E-state index contributed by atoms with van der Waals surface area (Å²) in [5.74, 6) is 1.01. The monoisotopic (exact) mass is 355 g/mol. The van der Waals surface area contributed by atoms with Crippen LogP contribution in [0, 0.1) is 0 Å². The molecule has 0 amide bonds. The molecule has 0 spiro atoms. The van der Waals surface area contributed by atoms with E-state index >= 15 is 0 Å². The van der Waals surface area contributed by atoms with Crippen LogP contribution in [0.3, 0.4) is 0 Å². The molecule has 1 N–H and O–H groups in total. The van der Waals surface area contributed by atoms with Gasteiger partial charge < -0.3 is 9.84 Å². The van der Waals surface area contributed by atoms with Crippen molar-refractivity contribution in [1.29, 1.82) is 0 Å². The number of rotatable bonds is 5. The fraction of sp³-hybridized carbons (Fsp3) is 0.455. The third-order valence-electron chi connectivity index (χ3n) is 5.48. The molecule has 1 aliphatic heterocycles. The summed E-state index contributed by atoms with van der Waals surface area (Å²) < 4.78 is 18.9. The molecule has 3 nitrogen and oxygen atoms in total. The number of fused-ring (bicyclic) bond motifs is 2. The normalized spacial score (nSPS) is 19.6. The SMILES string of the molecule is CCCN1CCc2cc(OC[C@@H](C)F)cc3c2C1Cc1cccc(O)c1-3. The molecular formula is C22H26FNO2. The van der Waals surface area contributed by atoms with Gasteiger partial charge in [-0.25, -0.2) is 4.39 Å². The number of hydrogen-bond donors (Lipinski definition) is 1. The van der Waals surface area contributed by atoms with Crippen LogP contribution in [-0.2, 0) is 12.8 Å². The first-order valence-corrected chi connectivity index (χ1v) is 9.57. The topological polar surface area (TPSA) is 32.7 Å². The molecular weight excluding hydrogens is 329 g/mol. The van der Waals surface area contributed by atoms with Gasteiger partial charge in [-0.2, -0.15) is 0 Å². The first-order valence-electron chi connectivity index (χ1n) is 9.57. The van der Waals surface area contributed by atoms with E-state index in [1.54, 1.807) is 6.07 Å². The van der Waals surface area contributed by atoms with Crippen LogP contribution in [0.4, 0.5) is 4.39 Å². The Morgan fingerprint density at radius 1 is 1.31 bits per heavy atom. The van der Waals surface area contributed by atoms with Gasteiger partial charge in [0.15, 0.2) is 0 Å². The lowest BCUT2D eigenvalue weighted by Crippen LogP contribution is -2.38. The van der Waals surface area contributed by atoms with Gasteiger partial charge in [-0.1, -0.05) is 19.1 Å². The van der Waals surface area contributed by atoms with Crippen molar-refractivity contribution >= 4 is 0 Å². The van der Waals surface area contributed by atoms with Crippen molar-refractivity contribution in [3.05, 3.63) is 47.0 Å². The second-order valence-corrected chi connectivity index (χ2v) is 7.45. The molecule has 2 atom stereocenters. The summed E-state index contributed by atoms with van der Waals surface area (Å²) in [7, 11) is 0. The van der Waals surface area contributed by atoms with Crippen molar-refractivity contribution < 1.29 is 14.2 Å². The van der Waals surface area contributed by atoms with Crippen molar-refractivity contribution in [3.8, 4) is 22.6 Å². The molecule has 2 aromatic rings. The second-order valence-electron chi connectivity index (χ2n) is 7.45. The van der Waals surface area contributed by atoms with Crippen molar-refractivity contribution in [2.24, 2.45) is 0 Å². The Hall–Kier alpha value is -2.07. The molecule has 2 aliphatic rings. The lowest BCUT2D eigenvalue weighted by molar-refractivity contribution is 0.181. The first-order chi connectivity index (χ1) is 12.6. The maximum atomic E-state index is 13.2. The van der Waals surface area contributed by atoms with E-state index in [9.17, 15) is 9.50 Å². The quantitative estimate of drug-likeness (QED) is 0.847. The van der Waals surface area contributed by atoms with Crippen molar-refractivity contribution in [1.82, 2.24) is 4.90 Å². The molecule has 0 saturated heterocycles. The minimum atomic E-state index is -1.00. The number of halogens is 1. The van der Waals surface area contributed by atoms with Gasteiger partial charge in [0.05, 0.1) is 0 Å². The van der Waals surface area contributed by atoms with E-state index < -0.39 is 6.17 Å². The molecule has 0 saturated carbocycles. The van der Waals surface area contributed by atoms with Crippen molar-refractivity contribution in [2.75, 3.05) is 19.7 Å². The van der Waals surface area contributed by atoms with E-state index in [0.717, 1.165) is 43.5 Å². The summed E-state index contributed by atoms with van der Waals surface area (Å²) in [5, 5.41) is 10.5. The van der Waals surface area contributed by atoms with Gasteiger partial charge in [0.2, 0.25) is 0 Å². The molecule has 1 unspecified atom stereocenters. The van der Waals surface area contributed by atoms with E-state index in [1.807, 2.05) is 12.1 Å². The Morgan fingerprint density at radius 3 is 2.92 bits per heavy atom. The van der Waals surface area contributed by atoms with E-state index in [2.05, 4.69) is 24.0 Å². The Labute approximate surface area is 154 Å². The van der Waals surface area contributed by atoms with E-state index in [0.29, 0.717) is 17.5 Å². The minimum absolute atomic E-state index is 0.0528. The highest BCUT2D eigenvalue weighted by atomic mass is 19.1. The zero-order chi connectivity index (χ0) is 18.3. The summed E-state index contributed by atoms with van der Waals surface area (Å²) >= 11 is 0. The number of phenols is 1. The zero-order valence-corrected chi connectivity index (χ0v) is 15.5. The fourth-order valence-corrected chi connectivity index (χ4v) is 4.45. The third kappa shape index (κ3) is 2.96. The van der Waals surface area contributed by atoms with Crippen LogP contribution in [0.5, 0.6) is 11.5 Å². The predicted octanol–water partition coefficient (Wildman–Crippen LogP) is 4.66. The molecule has 4 heteroatoms. The fourth-order valence-electron chi connectivity index (χ4n) is 4.45. The van der Waals surface area contributed by atoms with E-state index in [-0.39, 0.29) is 6.61 Å². The van der Waals surface area contributed by atoms with E-state index in [4.69, 9.17) is 4.74 Å². The number of aromatic hydroxyl groups is 1. The van der Waals surface area contributed by atoms with Crippen LogP contribution in [0.15, 0.2) is 30.3 Å². The van der Waals surface area contributed by atoms with Gasteiger partial charge >= 0.3 is 0 Å². The smallest absolute Gasteiger partial charge is 0.131 e. The Kier molecular flexibility index (Phi) is 4.62. The molecule has 0 fully saturated rings. The van der Waals surface area contributed by atoms with Crippen LogP contribution in [0.25, 0.3) is 11.1 Å². The molecule has 26 heavy (non-hydrogen) atoms. The predicted molar refractivity (Wildman–Crippen MR) is 102 cm³/mol. The van der Waals surface area contributed by atoms with Gasteiger partial charge in [-0.15, -0.1) is 0 Å². The third-order valence-corrected chi connectivity index (χ3v) is 5.48. The maximum Gasteiger partial charge on any atom is 0.131 e. The molecule has 138 valence electrons. The van der Waals surface area contributed by atoms with Gasteiger partial charge in [-0.05, 0) is 73.2 Å². The molecule has 0 radical (unpaired) electrons. The molecule has 2 aromatic carbocycles. The Morgan fingerprint density at radius 2 is 2.15 bits per heavy atom. The number of ether oxygens (including phenoxy) is 1. The average Bonchev–Trinajstić information content (AvgIpc) is 2.62. The number of phenolic OH excluding ortho intramolecular Hbond substituents is 1. The molecule has 0 bridgehead atoms. The summed E-state index contributed by atoms with van der Waals surface area (Å²) in [4.78, 5) is 2.56. The summed E-state index contributed by atoms with van der Waals surface area (Å²) in [6.07, 6.45) is 2.01. The zero-order valence-electron chi connectivity index (χ0n) is 15.5. The molecule has 1 heterocycles. The second kappa shape index (κ2) is 6.92. The number of nitrogens with zero attached hydrogens (tertiary/aromatic N) is 1. The number of alkyl halides is 1. The summed E-state index contributed by atoms with van der Waals surface area (Å²) in [6.45, 7) is 5.88. The van der Waals surface area contributed by atoms with Gasteiger partial charge in [0, 0.05) is 18.2 Å². The molecule has 0 aromatic heterocycles.